The molecule has 222 valence electrons. The summed E-state index contributed by atoms with van der Waals surface area (Å²) in [5.74, 6) is 0.609. The second-order valence-electron chi connectivity index (χ2n) is 11.9. The van der Waals surface area contributed by atoms with Crippen molar-refractivity contribution >= 4 is 51.0 Å². The van der Waals surface area contributed by atoms with E-state index in [0.717, 1.165) is 78.5 Å². The second-order valence-corrected chi connectivity index (χ2v) is 12.9. The molecule has 0 atom stereocenters. The van der Waals surface area contributed by atoms with E-state index in [1.54, 1.807) is 19.3 Å². The van der Waals surface area contributed by atoms with Crippen molar-refractivity contribution in [3.8, 4) is 21.7 Å². The maximum atomic E-state index is 12.8. The molecule has 5 heterocycles. The molecule has 1 aromatic carbocycles. The van der Waals surface area contributed by atoms with Crippen LogP contribution in [0.15, 0.2) is 61.1 Å². The summed E-state index contributed by atoms with van der Waals surface area (Å²) in [6, 6.07) is 12.1. The minimum atomic E-state index is 0.0625. The quantitative estimate of drug-likeness (QED) is 0.162. The van der Waals surface area contributed by atoms with Crippen molar-refractivity contribution in [1.29, 1.82) is 0 Å². The topological polar surface area (TPSA) is 113 Å². The van der Waals surface area contributed by atoms with Crippen LogP contribution in [0, 0.1) is 12.8 Å². The van der Waals surface area contributed by atoms with Gasteiger partial charge in [0, 0.05) is 41.0 Å². The maximum Gasteiger partial charge on any atom is 0.224 e. The molecule has 5 aromatic rings. The van der Waals surface area contributed by atoms with Gasteiger partial charge in [0.2, 0.25) is 5.91 Å². The first-order valence-corrected chi connectivity index (χ1v) is 16.0. The van der Waals surface area contributed by atoms with E-state index >= 15 is 0 Å². The number of amides is 1. The lowest BCUT2D eigenvalue weighted by atomic mass is 9.87. The molecule has 1 fully saturated rings. The van der Waals surface area contributed by atoms with E-state index in [9.17, 15) is 9.59 Å². The van der Waals surface area contributed by atoms with Crippen LogP contribution in [0.1, 0.15) is 71.9 Å². The molecule has 1 aliphatic heterocycles. The summed E-state index contributed by atoms with van der Waals surface area (Å²) < 4.78 is 0. The predicted molar refractivity (Wildman–Crippen MR) is 177 cm³/mol. The summed E-state index contributed by atoms with van der Waals surface area (Å²) in [4.78, 5) is 35.5. The Morgan fingerprint density at radius 2 is 1.91 bits per heavy atom. The zero-order valence-corrected chi connectivity index (χ0v) is 25.7. The normalized spacial score (nSPS) is 15.0. The molecular weight excluding hydrogens is 568 g/mol. The number of anilines is 2. The van der Waals surface area contributed by atoms with Gasteiger partial charge in [-0.15, -0.1) is 11.3 Å². The Balaban J connectivity index is 1.15. The minimum Gasteiger partial charge on any atom is -0.354 e. The van der Waals surface area contributed by atoms with Gasteiger partial charge in [0.1, 0.15) is 5.69 Å². The van der Waals surface area contributed by atoms with Crippen molar-refractivity contribution in [2.45, 2.75) is 58.8 Å². The maximum absolute atomic E-state index is 12.8. The molecule has 9 heteroatoms. The number of allylic oxidation sites excluding steroid dienone is 1. The Morgan fingerprint density at radius 1 is 1.05 bits per heavy atom. The summed E-state index contributed by atoms with van der Waals surface area (Å²) in [5.41, 5.74) is 9.47. The summed E-state index contributed by atoms with van der Waals surface area (Å²) in [6.45, 7) is 3.67. The number of ketones is 1. The predicted octanol–water partition coefficient (Wildman–Crippen LogP) is 8.18. The number of H-pyrrole nitrogens is 1. The minimum absolute atomic E-state index is 0.0625. The number of benzene rings is 1. The number of rotatable bonds is 7. The lowest BCUT2D eigenvalue weighted by Crippen LogP contribution is -2.18. The number of hydrogen-bond donors (Lipinski definition) is 3. The largest absolute Gasteiger partial charge is 0.354 e. The van der Waals surface area contributed by atoms with Crippen LogP contribution >= 0.6 is 11.3 Å². The average Bonchev–Trinajstić information content (AvgIpc) is 3.68. The molecule has 8 nitrogen and oxygen atoms in total. The fourth-order valence-corrected chi connectivity index (χ4v) is 7.37. The zero-order valence-electron chi connectivity index (χ0n) is 24.9. The Kier molecular flexibility index (Phi) is 7.56. The van der Waals surface area contributed by atoms with Crippen LogP contribution in [0.2, 0.25) is 0 Å². The highest BCUT2D eigenvalue weighted by Crippen LogP contribution is 2.38. The number of nitrogens with zero attached hydrogens (tertiary/aromatic N) is 3. The molecule has 0 radical (unpaired) electrons. The Hall–Kier alpha value is -4.63. The molecule has 2 aliphatic rings. The van der Waals surface area contributed by atoms with Crippen LogP contribution in [0.4, 0.5) is 11.4 Å². The number of aryl methyl sites for hydroxylation is 1. The van der Waals surface area contributed by atoms with E-state index in [1.807, 2.05) is 30.5 Å². The van der Waals surface area contributed by atoms with Gasteiger partial charge in [-0.05, 0) is 86.6 Å². The van der Waals surface area contributed by atoms with E-state index in [2.05, 4.69) is 50.8 Å². The number of nitrogens with one attached hydrogen (secondary N) is 3. The molecule has 0 bridgehead atoms. The van der Waals surface area contributed by atoms with Crippen molar-refractivity contribution in [1.82, 2.24) is 20.2 Å². The fourth-order valence-electron chi connectivity index (χ4n) is 6.45. The first-order valence-electron chi connectivity index (χ1n) is 15.2. The van der Waals surface area contributed by atoms with Crippen molar-refractivity contribution in [3.05, 3.63) is 82.8 Å². The van der Waals surface area contributed by atoms with Gasteiger partial charge in [-0.25, -0.2) is 0 Å². The molecule has 1 saturated carbocycles. The van der Waals surface area contributed by atoms with Gasteiger partial charge in [0.25, 0.3) is 0 Å². The smallest absolute Gasteiger partial charge is 0.224 e. The van der Waals surface area contributed by atoms with E-state index in [1.165, 1.54) is 30.6 Å². The van der Waals surface area contributed by atoms with Gasteiger partial charge in [0.05, 0.1) is 38.5 Å². The fraction of sp³-hybridized carbons (Fsp3) is 0.286. The summed E-state index contributed by atoms with van der Waals surface area (Å²) >= 11 is 1.47. The molecule has 7 rings (SSSR count). The van der Waals surface area contributed by atoms with E-state index in [4.69, 9.17) is 5.10 Å². The molecular formula is C35H34N6O2S. The van der Waals surface area contributed by atoms with Crippen molar-refractivity contribution < 1.29 is 9.59 Å². The number of aromatic nitrogens is 4. The summed E-state index contributed by atoms with van der Waals surface area (Å²) in [5, 5.41) is 15.6. The van der Waals surface area contributed by atoms with Crippen LogP contribution in [-0.4, -0.2) is 31.9 Å². The third-order valence-electron chi connectivity index (χ3n) is 8.72. The lowest BCUT2D eigenvalue weighted by molar-refractivity contribution is -0.117. The Labute approximate surface area is 260 Å². The highest BCUT2D eigenvalue weighted by atomic mass is 32.1. The third kappa shape index (κ3) is 5.55. The first kappa shape index (κ1) is 28.2. The number of carbonyl (C=O) groups is 2. The molecule has 1 amide bonds. The van der Waals surface area contributed by atoms with Crippen molar-refractivity contribution in [3.63, 3.8) is 0 Å². The van der Waals surface area contributed by atoms with Gasteiger partial charge in [-0.1, -0.05) is 25.3 Å². The van der Waals surface area contributed by atoms with E-state index < -0.39 is 0 Å². The highest BCUT2D eigenvalue weighted by Gasteiger charge is 2.22. The molecule has 4 aromatic heterocycles. The monoisotopic (exact) mass is 602 g/mol. The first-order chi connectivity index (χ1) is 21.4. The highest BCUT2D eigenvalue weighted by molar-refractivity contribution is 7.17. The third-order valence-corrected chi connectivity index (χ3v) is 9.91. The number of aromatic amines is 1. The zero-order chi connectivity index (χ0) is 30.2. The molecule has 0 saturated heterocycles. The van der Waals surface area contributed by atoms with Crippen LogP contribution < -0.4 is 10.6 Å². The SMILES string of the molecule is CC(=O)c1ccc(-c2nccc3c2CC=C(c2n[nH]c4cc(C)c(-c5cncc(NC(=O)CC6CCCCC6)c5)cc24)N3)s1. The number of thiophene rings is 1. The average molecular weight is 603 g/mol. The second kappa shape index (κ2) is 11.8. The molecule has 0 unspecified atom stereocenters. The molecule has 0 spiro atoms. The van der Waals surface area contributed by atoms with Crippen molar-refractivity contribution in [2.24, 2.45) is 5.92 Å². The van der Waals surface area contributed by atoms with Crippen LogP contribution in [-0.2, 0) is 11.2 Å². The van der Waals surface area contributed by atoms with Crippen LogP contribution in [0.25, 0.3) is 38.3 Å². The molecule has 1 aliphatic carbocycles. The Bertz CT molecular complexity index is 1930. The van der Waals surface area contributed by atoms with Gasteiger partial charge >= 0.3 is 0 Å². The van der Waals surface area contributed by atoms with Gasteiger partial charge in [0.15, 0.2) is 5.78 Å². The van der Waals surface area contributed by atoms with Gasteiger partial charge in [-0.3, -0.25) is 24.7 Å². The number of fused-ring (bicyclic) bond motifs is 2. The summed E-state index contributed by atoms with van der Waals surface area (Å²) in [6.07, 6.45) is 14.8. The van der Waals surface area contributed by atoms with E-state index in [-0.39, 0.29) is 11.7 Å². The summed E-state index contributed by atoms with van der Waals surface area (Å²) in [7, 11) is 0. The number of Topliss-reactive ketones (excluding diaryl/α,β-unsaturated/α-hetero) is 1. The standard InChI is InChI=1S/C35H34N6O2S/c1-20-14-30-27(17-26(20)23-16-24(19-36-18-23)38-33(43)15-22-6-4-3-5-7-22)34(41-40-30)29-9-8-25-28(39-29)12-13-37-35(25)32-11-10-31(44-32)21(2)42/h9-14,16-19,22,39H,3-8,15H2,1-2H3,(H,38,43)(H,40,41). The Morgan fingerprint density at radius 3 is 2.73 bits per heavy atom. The number of hydrogen-bond acceptors (Lipinski definition) is 7. The van der Waals surface area contributed by atoms with Crippen LogP contribution in [0.3, 0.4) is 0 Å². The van der Waals surface area contributed by atoms with Gasteiger partial charge in [-0.2, -0.15) is 5.10 Å². The number of carbonyl (C=O) groups excluding carboxylic acids is 2. The lowest BCUT2D eigenvalue weighted by Gasteiger charge is -2.21. The number of pyridine rings is 2. The molecule has 44 heavy (non-hydrogen) atoms. The van der Waals surface area contributed by atoms with Gasteiger partial charge < -0.3 is 10.6 Å². The van der Waals surface area contributed by atoms with Crippen molar-refractivity contribution in [2.75, 3.05) is 10.6 Å². The molecule has 3 N–H and O–H groups in total. The van der Waals surface area contributed by atoms with E-state index in [0.29, 0.717) is 24.4 Å². The van der Waals surface area contributed by atoms with Crippen LogP contribution in [0.5, 0.6) is 0 Å².